The lowest BCUT2D eigenvalue weighted by atomic mass is 9.81. The molecule has 2 N–H and O–H groups in total. The third-order valence-corrected chi connectivity index (χ3v) is 8.54. The SMILES string of the molecule is CCN(CC)CC(O)CN1CCn2c(c(C3CCCCC3)c3ccc(C(=O)O)cc32)-c2ccc(Cl)cc21. The zero-order valence-electron chi connectivity index (χ0n) is 21.9. The molecule has 0 spiro atoms. The zero-order chi connectivity index (χ0) is 26.1. The number of carboxylic acids is 1. The summed E-state index contributed by atoms with van der Waals surface area (Å²) >= 11 is 6.54. The fourth-order valence-electron chi connectivity index (χ4n) is 6.43. The molecule has 0 amide bonds. The average Bonchev–Trinajstić information content (AvgIpc) is 3.15. The number of β-amino-alcohol motifs (C(OH)–C–C–N with tert-alkyl or cyclic N) is 1. The van der Waals surface area contributed by atoms with Gasteiger partial charge in [-0.2, -0.15) is 0 Å². The van der Waals surface area contributed by atoms with E-state index in [1.54, 1.807) is 6.07 Å². The van der Waals surface area contributed by atoms with Gasteiger partial charge in [0.25, 0.3) is 0 Å². The fraction of sp³-hybridized carbons (Fsp3) is 0.500. The Bertz CT molecular complexity index is 1280. The number of likely N-dealkylation sites (N-methyl/N-ethyl adjacent to an activating group) is 1. The van der Waals surface area contributed by atoms with Gasteiger partial charge in [-0.25, -0.2) is 4.79 Å². The second kappa shape index (κ2) is 11.1. The average molecular weight is 524 g/mol. The van der Waals surface area contributed by atoms with Crippen molar-refractivity contribution in [2.45, 2.75) is 64.5 Å². The number of aromatic nitrogens is 1. The van der Waals surface area contributed by atoms with Crippen LogP contribution in [0.2, 0.25) is 5.02 Å². The summed E-state index contributed by atoms with van der Waals surface area (Å²) < 4.78 is 2.33. The van der Waals surface area contributed by atoms with Gasteiger partial charge in [0.05, 0.1) is 17.4 Å². The summed E-state index contributed by atoms with van der Waals surface area (Å²) in [6, 6.07) is 11.7. The van der Waals surface area contributed by atoms with Crippen molar-refractivity contribution >= 4 is 34.2 Å². The van der Waals surface area contributed by atoms with Gasteiger partial charge in [-0.15, -0.1) is 0 Å². The third kappa shape index (κ3) is 5.12. The van der Waals surface area contributed by atoms with Crippen molar-refractivity contribution in [3.63, 3.8) is 0 Å². The minimum absolute atomic E-state index is 0.315. The van der Waals surface area contributed by atoms with Crippen molar-refractivity contribution in [2.24, 2.45) is 0 Å². The van der Waals surface area contributed by atoms with Gasteiger partial charge in [0.2, 0.25) is 0 Å². The second-order valence-electron chi connectivity index (χ2n) is 10.5. The van der Waals surface area contributed by atoms with E-state index in [2.05, 4.69) is 34.3 Å². The minimum atomic E-state index is -0.904. The Kier molecular flexibility index (Phi) is 7.80. The summed E-state index contributed by atoms with van der Waals surface area (Å²) in [4.78, 5) is 16.4. The van der Waals surface area contributed by atoms with E-state index in [0.29, 0.717) is 42.7 Å². The molecule has 0 radical (unpaired) electrons. The standard InChI is InChI=1S/C30H38ClN3O3/c1-3-32(4-2)18-23(35)19-33-14-15-34-27-16-21(30(36)37)10-12-24(27)28(20-8-6-5-7-9-20)29(34)25-13-11-22(31)17-26(25)33/h10-13,16-17,20,23,35H,3-9,14-15,18-19H2,1-2H3,(H,36,37). The first-order valence-electron chi connectivity index (χ1n) is 13.8. The maximum atomic E-state index is 11.9. The van der Waals surface area contributed by atoms with Gasteiger partial charge in [-0.05, 0) is 67.7 Å². The highest BCUT2D eigenvalue weighted by molar-refractivity contribution is 6.31. The second-order valence-corrected chi connectivity index (χ2v) is 11.0. The number of benzene rings is 2. The molecule has 1 aliphatic heterocycles. The number of anilines is 1. The Morgan fingerprint density at radius 1 is 1.08 bits per heavy atom. The molecule has 1 aromatic heterocycles. The molecule has 2 aliphatic rings. The van der Waals surface area contributed by atoms with Crippen molar-refractivity contribution in [3.8, 4) is 11.3 Å². The van der Waals surface area contributed by atoms with Gasteiger partial charge in [0, 0.05) is 53.4 Å². The van der Waals surface area contributed by atoms with Crippen LogP contribution in [0.4, 0.5) is 5.69 Å². The van der Waals surface area contributed by atoms with Crippen LogP contribution in [0.15, 0.2) is 36.4 Å². The molecule has 1 fully saturated rings. The first-order chi connectivity index (χ1) is 17.9. The number of carboxylic acid groups (broad SMARTS) is 1. The molecule has 1 atom stereocenters. The smallest absolute Gasteiger partial charge is 0.335 e. The monoisotopic (exact) mass is 523 g/mol. The van der Waals surface area contributed by atoms with Crippen LogP contribution in [0.1, 0.15) is 67.8 Å². The van der Waals surface area contributed by atoms with Crippen molar-refractivity contribution in [3.05, 3.63) is 52.5 Å². The highest BCUT2D eigenvalue weighted by Crippen LogP contribution is 2.47. The fourth-order valence-corrected chi connectivity index (χ4v) is 6.59. The summed E-state index contributed by atoms with van der Waals surface area (Å²) in [6.07, 6.45) is 5.54. The lowest BCUT2D eigenvalue weighted by molar-refractivity contribution is 0.0697. The summed E-state index contributed by atoms with van der Waals surface area (Å²) in [6.45, 7) is 8.62. The lowest BCUT2D eigenvalue weighted by Crippen LogP contribution is -2.41. The first-order valence-corrected chi connectivity index (χ1v) is 14.1. The molecule has 37 heavy (non-hydrogen) atoms. The molecule has 0 saturated heterocycles. The summed E-state index contributed by atoms with van der Waals surface area (Å²) in [5.74, 6) is -0.454. The molecule has 198 valence electrons. The molecule has 3 aromatic rings. The van der Waals surface area contributed by atoms with Gasteiger partial charge in [-0.3, -0.25) is 0 Å². The lowest BCUT2D eigenvalue weighted by Gasteiger charge is -2.30. The van der Waals surface area contributed by atoms with E-state index in [-0.39, 0.29) is 0 Å². The largest absolute Gasteiger partial charge is 0.478 e. The zero-order valence-corrected chi connectivity index (χ0v) is 22.7. The van der Waals surface area contributed by atoms with Crippen LogP contribution in [0.3, 0.4) is 0 Å². The minimum Gasteiger partial charge on any atom is -0.478 e. The number of hydrogen-bond donors (Lipinski definition) is 2. The molecule has 2 heterocycles. The van der Waals surface area contributed by atoms with Crippen molar-refractivity contribution in [1.82, 2.24) is 9.47 Å². The van der Waals surface area contributed by atoms with Crippen LogP contribution in [-0.4, -0.2) is 64.5 Å². The van der Waals surface area contributed by atoms with Crippen LogP contribution in [-0.2, 0) is 6.54 Å². The molecule has 1 aliphatic carbocycles. The van der Waals surface area contributed by atoms with E-state index in [4.69, 9.17) is 11.6 Å². The molecule has 6 nitrogen and oxygen atoms in total. The van der Waals surface area contributed by atoms with Crippen LogP contribution in [0, 0.1) is 0 Å². The number of fused-ring (bicyclic) bond motifs is 5. The molecule has 2 aromatic carbocycles. The van der Waals surface area contributed by atoms with Gasteiger partial charge in [0.15, 0.2) is 0 Å². The van der Waals surface area contributed by atoms with E-state index < -0.39 is 12.1 Å². The Labute approximate surface area is 224 Å². The van der Waals surface area contributed by atoms with Crippen LogP contribution in [0.5, 0.6) is 0 Å². The molecule has 0 bridgehead atoms. The van der Waals surface area contributed by atoms with E-state index in [1.807, 2.05) is 24.3 Å². The van der Waals surface area contributed by atoms with Gasteiger partial charge in [0.1, 0.15) is 0 Å². The Hall–Kier alpha value is -2.54. The van der Waals surface area contributed by atoms with Crippen molar-refractivity contribution in [1.29, 1.82) is 0 Å². The maximum absolute atomic E-state index is 11.9. The predicted molar refractivity (Wildman–Crippen MR) is 151 cm³/mol. The quantitative estimate of drug-likeness (QED) is 0.366. The van der Waals surface area contributed by atoms with E-state index in [1.165, 1.54) is 35.9 Å². The number of rotatable bonds is 8. The highest BCUT2D eigenvalue weighted by Gasteiger charge is 2.31. The van der Waals surface area contributed by atoms with Crippen LogP contribution >= 0.6 is 11.6 Å². The van der Waals surface area contributed by atoms with Gasteiger partial charge in [-0.1, -0.05) is 50.8 Å². The Morgan fingerprint density at radius 2 is 1.84 bits per heavy atom. The number of aromatic carboxylic acids is 1. The molecule has 1 saturated carbocycles. The van der Waals surface area contributed by atoms with E-state index in [9.17, 15) is 15.0 Å². The van der Waals surface area contributed by atoms with Crippen LogP contribution in [0.25, 0.3) is 22.2 Å². The number of aliphatic hydroxyl groups excluding tert-OH is 1. The van der Waals surface area contributed by atoms with Gasteiger partial charge >= 0.3 is 5.97 Å². The van der Waals surface area contributed by atoms with Crippen molar-refractivity contribution in [2.75, 3.05) is 37.6 Å². The first kappa shape index (κ1) is 26.1. The third-order valence-electron chi connectivity index (χ3n) is 8.31. The summed E-state index contributed by atoms with van der Waals surface area (Å²) in [7, 11) is 0. The Balaban J connectivity index is 1.65. The highest BCUT2D eigenvalue weighted by atomic mass is 35.5. The summed E-state index contributed by atoms with van der Waals surface area (Å²) in [5.41, 5.74) is 6.00. The number of halogens is 1. The number of carbonyl (C=O) groups is 1. The molecule has 7 heteroatoms. The van der Waals surface area contributed by atoms with E-state index >= 15 is 0 Å². The van der Waals surface area contributed by atoms with Crippen molar-refractivity contribution < 1.29 is 15.0 Å². The number of hydrogen-bond acceptors (Lipinski definition) is 4. The molecule has 5 rings (SSSR count). The van der Waals surface area contributed by atoms with Gasteiger partial charge < -0.3 is 24.6 Å². The number of aliphatic hydroxyl groups is 1. The summed E-state index contributed by atoms with van der Waals surface area (Å²) in [5, 5.41) is 22.6. The topological polar surface area (TPSA) is 68.9 Å². The number of nitrogens with zero attached hydrogens (tertiary/aromatic N) is 3. The normalized spacial score (nSPS) is 17.1. The maximum Gasteiger partial charge on any atom is 0.335 e. The van der Waals surface area contributed by atoms with E-state index in [0.717, 1.165) is 42.7 Å². The predicted octanol–water partition coefficient (Wildman–Crippen LogP) is 6.23. The Morgan fingerprint density at radius 3 is 2.54 bits per heavy atom. The molecular formula is C30H38ClN3O3. The molecular weight excluding hydrogens is 486 g/mol. The molecule has 1 unspecified atom stereocenters. The van der Waals surface area contributed by atoms with Crippen LogP contribution < -0.4 is 4.90 Å².